The molecule has 1 amide bonds. The van der Waals surface area contributed by atoms with Gasteiger partial charge in [0.1, 0.15) is 5.75 Å². The van der Waals surface area contributed by atoms with E-state index in [1.54, 1.807) is 7.11 Å². The summed E-state index contributed by atoms with van der Waals surface area (Å²) in [5.74, 6) is 2.25. The number of amides is 1. The Balaban J connectivity index is 1.46. The van der Waals surface area contributed by atoms with Crippen molar-refractivity contribution in [2.45, 2.75) is 51.0 Å². The van der Waals surface area contributed by atoms with Crippen LogP contribution in [0.25, 0.3) is 0 Å². The zero-order chi connectivity index (χ0) is 16.9. The third-order valence-electron chi connectivity index (χ3n) is 5.39. The van der Waals surface area contributed by atoms with Gasteiger partial charge in [-0.3, -0.25) is 4.79 Å². The molecule has 2 fully saturated rings. The van der Waals surface area contributed by atoms with Gasteiger partial charge in [-0.25, -0.2) is 0 Å². The second-order valence-corrected chi connectivity index (χ2v) is 7.35. The van der Waals surface area contributed by atoms with Crippen LogP contribution in [0.5, 0.6) is 5.75 Å². The van der Waals surface area contributed by atoms with E-state index in [4.69, 9.17) is 4.74 Å². The summed E-state index contributed by atoms with van der Waals surface area (Å²) in [5.41, 5.74) is 1.12. The SMILES string of the molecule is COc1ccccc1C(C)CC(=O)N1CCC(NCC2CC2)CC1. The quantitative estimate of drug-likeness (QED) is 0.835. The van der Waals surface area contributed by atoms with Gasteiger partial charge in [0.25, 0.3) is 0 Å². The molecule has 2 aliphatic rings. The van der Waals surface area contributed by atoms with Gasteiger partial charge in [0.15, 0.2) is 0 Å². The molecule has 1 unspecified atom stereocenters. The van der Waals surface area contributed by atoms with Crippen molar-refractivity contribution in [3.05, 3.63) is 29.8 Å². The van der Waals surface area contributed by atoms with Gasteiger partial charge >= 0.3 is 0 Å². The molecule has 3 rings (SSSR count). The molecule has 1 saturated heterocycles. The summed E-state index contributed by atoms with van der Waals surface area (Å²) >= 11 is 0. The lowest BCUT2D eigenvalue weighted by molar-refractivity contribution is -0.132. The van der Waals surface area contributed by atoms with E-state index < -0.39 is 0 Å². The summed E-state index contributed by atoms with van der Waals surface area (Å²) in [6, 6.07) is 8.60. The van der Waals surface area contributed by atoms with Crippen molar-refractivity contribution < 1.29 is 9.53 Å². The minimum absolute atomic E-state index is 0.180. The Morgan fingerprint density at radius 2 is 1.96 bits per heavy atom. The summed E-state index contributed by atoms with van der Waals surface area (Å²) in [7, 11) is 1.69. The Labute approximate surface area is 145 Å². The average molecular weight is 330 g/mol. The Kier molecular flexibility index (Phi) is 5.77. The van der Waals surface area contributed by atoms with Crippen LogP contribution in [0, 0.1) is 5.92 Å². The number of nitrogens with one attached hydrogen (secondary N) is 1. The van der Waals surface area contributed by atoms with Crippen LogP contribution in [0.3, 0.4) is 0 Å². The van der Waals surface area contributed by atoms with Crippen molar-refractivity contribution in [2.75, 3.05) is 26.7 Å². The molecule has 0 aromatic heterocycles. The van der Waals surface area contributed by atoms with Crippen LogP contribution in [0.1, 0.15) is 50.5 Å². The number of para-hydroxylation sites is 1. The van der Waals surface area contributed by atoms with E-state index in [0.717, 1.165) is 43.2 Å². The number of carbonyl (C=O) groups is 1. The third kappa shape index (κ3) is 4.50. The molecule has 24 heavy (non-hydrogen) atoms. The third-order valence-corrected chi connectivity index (χ3v) is 5.39. The maximum absolute atomic E-state index is 12.6. The highest BCUT2D eigenvalue weighted by Gasteiger charge is 2.26. The summed E-state index contributed by atoms with van der Waals surface area (Å²) in [4.78, 5) is 14.7. The van der Waals surface area contributed by atoms with Gasteiger partial charge in [-0.05, 0) is 55.7 Å². The zero-order valence-corrected chi connectivity index (χ0v) is 15.0. The molecule has 0 spiro atoms. The summed E-state index contributed by atoms with van der Waals surface area (Å²) < 4.78 is 5.43. The fraction of sp³-hybridized carbons (Fsp3) is 0.650. The predicted molar refractivity (Wildman–Crippen MR) is 96.4 cm³/mol. The molecule has 1 saturated carbocycles. The molecule has 1 atom stereocenters. The largest absolute Gasteiger partial charge is 0.496 e. The number of methoxy groups -OCH3 is 1. The smallest absolute Gasteiger partial charge is 0.223 e. The van der Waals surface area contributed by atoms with Crippen molar-refractivity contribution in [2.24, 2.45) is 5.92 Å². The molecule has 4 heteroatoms. The zero-order valence-electron chi connectivity index (χ0n) is 15.0. The number of hydrogen-bond acceptors (Lipinski definition) is 3. The number of carbonyl (C=O) groups excluding carboxylic acids is 1. The van der Waals surface area contributed by atoms with Gasteiger partial charge in [-0.15, -0.1) is 0 Å². The topological polar surface area (TPSA) is 41.6 Å². The normalized spacial score (nSPS) is 20.0. The molecule has 4 nitrogen and oxygen atoms in total. The van der Waals surface area contributed by atoms with Crippen LogP contribution in [0.4, 0.5) is 0 Å². The maximum atomic E-state index is 12.6. The number of nitrogens with zero attached hydrogens (tertiary/aromatic N) is 1. The highest BCUT2D eigenvalue weighted by molar-refractivity contribution is 5.77. The second-order valence-electron chi connectivity index (χ2n) is 7.35. The number of piperidine rings is 1. The van der Waals surface area contributed by atoms with Gasteiger partial charge in [-0.2, -0.15) is 0 Å². The first-order valence-corrected chi connectivity index (χ1v) is 9.31. The highest BCUT2D eigenvalue weighted by Crippen LogP contribution is 2.30. The lowest BCUT2D eigenvalue weighted by Gasteiger charge is -2.33. The van der Waals surface area contributed by atoms with Gasteiger partial charge in [-0.1, -0.05) is 25.1 Å². The first-order valence-electron chi connectivity index (χ1n) is 9.31. The van der Waals surface area contributed by atoms with Gasteiger partial charge < -0.3 is 15.0 Å². The van der Waals surface area contributed by atoms with Crippen LogP contribution in [-0.4, -0.2) is 43.6 Å². The van der Waals surface area contributed by atoms with Gasteiger partial charge in [0, 0.05) is 25.6 Å². The predicted octanol–water partition coefficient (Wildman–Crippen LogP) is 3.18. The van der Waals surface area contributed by atoms with E-state index >= 15 is 0 Å². The number of likely N-dealkylation sites (tertiary alicyclic amines) is 1. The first kappa shape index (κ1) is 17.3. The van der Waals surface area contributed by atoms with E-state index in [1.807, 2.05) is 23.1 Å². The molecule has 0 bridgehead atoms. The highest BCUT2D eigenvalue weighted by atomic mass is 16.5. The molecule has 0 radical (unpaired) electrons. The van der Waals surface area contributed by atoms with Crippen molar-refractivity contribution in [1.82, 2.24) is 10.2 Å². The molecule has 1 aromatic carbocycles. The van der Waals surface area contributed by atoms with Crippen LogP contribution < -0.4 is 10.1 Å². The van der Waals surface area contributed by atoms with E-state index in [0.29, 0.717) is 12.5 Å². The fourth-order valence-electron chi connectivity index (χ4n) is 3.56. The fourth-order valence-corrected chi connectivity index (χ4v) is 3.56. The first-order chi connectivity index (χ1) is 11.7. The van der Waals surface area contributed by atoms with Crippen molar-refractivity contribution >= 4 is 5.91 Å². The van der Waals surface area contributed by atoms with Crippen LogP contribution in [-0.2, 0) is 4.79 Å². The molecular weight excluding hydrogens is 300 g/mol. The Hall–Kier alpha value is -1.55. The molecule has 132 valence electrons. The van der Waals surface area contributed by atoms with Crippen LogP contribution in [0.2, 0.25) is 0 Å². The van der Waals surface area contributed by atoms with Crippen LogP contribution >= 0.6 is 0 Å². The Bertz CT molecular complexity index is 548. The monoisotopic (exact) mass is 330 g/mol. The molecule has 1 aromatic rings. The van der Waals surface area contributed by atoms with E-state index in [2.05, 4.69) is 18.3 Å². The number of benzene rings is 1. The minimum Gasteiger partial charge on any atom is -0.496 e. The molecule has 1 aliphatic carbocycles. The van der Waals surface area contributed by atoms with Crippen molar-refractivity contribution in [3.63, 3.8) is 0 Å². The summed E-state index contributed by atoms with van der Waals surface area (Å²) in [5, 5.41) is 3.67. The molecule has 1 heterocycles. The minimum atomic E-state index is 0.180. The van der Waals surface area contributed by atoms with Gasteiger partial charge in [0.05, 0.1) is 7.11 Å². The Morgan fingerprint density at radius 1 is 1.25 bits per heavy atom. The average Bonchev–Trinajstić information content (AvgIpc) is 3.44. The summed E-state index contributed by atoms with van der Waals surface area (Å²) in [6.45, 7) is 5.06. The molecular formula is C20H30N2O2. The van der Waals surface area contributed by atoms with Crippen molar-refractivity contribution in [3.8, 4) is 5.75 Å². The summed E-state index contributed by atoms with van der Waals surface area (Å²) in [6.07, 6.45) is 5.51. The van der Waals surface area contributed by atoms with E-state index in [1.165, 1.54) is 19.4 Å². The van der Waals surface area contributed by atoms with E-state index in [-0.39, 0.29) is 11.8 Å². The van der Waals surface area contributed by atoms with Crippen molar-refractivity contribution in [1.29, 1.82) is 0 Å². The Morgan fingerprint density at radius 3 is 2.62 bits per heavy atom. The number of ether oxygens (including phenoxy) is 1. The maximum Gasteiger partial charge on any atom is 0.223 e. The number of hydrogen-bond donors (Lipinski definition) is 1. The lowest BCUT2D eigenvalue weighted by atomic mass is 9.95. The molecule has 1 aliphatic heterocycles. The van der Waals surface area contributed by atoms with Crippen LogP contribution in [0.15, 0.2) is 24.3 Å². The van der Waals surface area contributed by atoms with E-state index in [9.17, 15) is 4.79 Å². The van der Waals surface area contributed by atoms with Gasteiger partial charge in [0.2, 0.25) is 5.91 Å². The second kappa shape index (κ2) is 8.02. The number of rotatable bonds is 7. The molecule has 1 N–H and O–H groups in total. The lowest BCUT2D eigenvalue weighted by Crippen LogP contribution is -2.45. The standard InChI is InChI=1S/C20H30N2O2/c1-15(18-5-3-4-6-19(18)24-2)13-20(23)22-11-9-17(10-12-22)21-14-16-7-8-16/h3-6,15-17,21H,7-14H2,1-2H3.